The van der Waals surface area contributed by atoms with Gasteiger partial charge in [0.2, 0.25) is 0 Å². The number of aliphatic hydroxyl groups is 1. The summed E-state index contributed by atoms with van der Waals surface area (Å²) in [6.07, 6.45) is 1.79. The molecule has 0 saturated carbocycles. The first-order valence-electron chi connectivity index (χ1n) is 2.21. The molecule has 0 unspecified atom stereocenters. The van der Waals surface area contributed by atoms with E-state index < -0.39 is 0 Å². The lowest BCUT2D eigenvalue weighted by Gasteiger charge is -1.89. The van der Waals surface area contributed by atoms with Gasteiger partial charge in [0.05, 0.1) is 0 Å². The standard InChI is InChI=1S/C5H9IO/c1-5(6)3-2-4-7/h7H,1-4H2. The second-order valence-electron chi connectivity index (χ2n) is 1.34. The van der Waals surface area contributed by atoms with Crippen molar-refractivity contribution in [2.45, 2.75) is 12.8 Å². The third-order valence-electron chi connectivity index (χ3n) is 0.606. The van der Waals surface area contributed by atoms with Crippen molar-refractivity contribution < 1.29 is 5.11 Å². The molecule has 42 valence electrons. The minimum absolute atomic E-state index is 0.280. The van der Waals surface area contributed by atoms with Gasteiger partial charge in [-0.1, -0.05) is 6.58 Å². The highest BCUT2D eigenvalue weighted by Gasteiger charge is 1.83. The van der Waals surface area contributed by atoms with E-state index in [2.05, 4.69) is 29.2 Å². The molecule has 2 heteroatoms. The van der Waals surface area contributed by atoms with E-state index in [-0.39, 0.29) is 6.61 Å². The van der Waals surface area contributed by atoms with Crippen molar-refractivity contribution in [2.75, 3.05) is 6.61 Å². The van der Waals surface area contributed by atoms with Gasteiger partial charge < -0.3 is 5.11 Å². The molecule has 0 bridgehead atoms. The van der Waals surface area contributed by atoms with Crippen molar-refractivity contribution in [3.05, 3.63) is 10.2 Å². The molecule has 0 fully saturated rings. The Morgan fingerprint density at radius 3 is 2.43 bits per heavy atom. The van der Waals surface area contributed by atoms with E-state index in [4.69, 9.17) is 5.11 Å². The molecule has 0 atom stereocenters. The Balaban J connectivity index is 2.82. The van der Waals surface area contributed by atoms with E-state index in [1.807, 2.05) is 0 Å². The lowest BCUT2D eigenvalue weighted by Crippen LogP contribution is -1.79. The summed E-state index contributed by atoms with van der Waals surface area (Å²) in [7, 11) is 0. The van der Waals surface area contributed by atoms with Crippen molar-refractivity contribution in [3.63, 3.8) is 0 Å². The van der Waals surface area contributed by atoms with Crippen LogP contribution in [0.15, 0.2) is 10.2 Å². The smallest absolute Gasteiger partial charge is 0.0434 e. The molecule has 1 N–H and O–H groups in total. The fourth-order valence-electron chi connectivity index (χ4n) is 0.271. The van der Waals surface area contributed by atoms with Gasteiger partial charge >= 0.3 is 0 Å². The Morgan fingerprint density at radius 1 is 1.71 bits per heavy atom. The van der Waals surface area contributed by atoms with Gasteiger partial charge in [0.25, 0.3) is 0 Å². The van der Waals surface area contributed by atoms with Crippen LogP contribution in [0.5, 0.6) is 0 Å². The summed E-state index contributed by atoms with van der Waals surface area (Å²) >= 11 is 2.16. The van der Waals surface area contributed by atoms with Crippen LogP contribution in [0.25, 0.3) is 0 Å². The van der Waals surface area contributed by atoms with Gasteiger partial charge in [-0.2, -0.15) is 0 Å². The van der Waals surface area contributed by atoms with Crippen LogP contribution in [0.1, 0.15) is 12.8 Å². The normalized spacial score (nSPS) is 8.86. The van der Waals surface area contributed by atoms with Gasteiger partial charge in [0.15, 0.2) is 0 Å². The fraction of sp³-hybridized carbons (Fsp3) is 0.600. The quantitative estimate of drug-likeness (QED) is 0.706. The molecule has 0 rings (SSSR count). The van der Waals surface area contributed by atoms with Crippen molar-refractivity contribution in [3.8, 4) is 0 Å². The Labute approximate surface area is 57.6 Å². The molecular weight excluding hydrogens is 203 g/mol. The molecule has 0 aromatic rings. The number of hydrogen-bond donors (Lipinski definition) is 1. The van der Waals surface area contributed by atoms with Crippen LogP contribution in [0, 0.1) is 0 Å². The molecular formula is C5H9IO. The molecule has 0 aromatic carbocycles. The van der Waals surface area contributed by atoms with E-state index in [1.54, 1.807) is 0 Å². The van der Waals surface area contributed by atoms with Crippen LogP contribution < -0.4 is 0 Å². The predicted molar refractivity (Wildman–Crippen MR) is 39.5 cm³/mol. The number of allylic oxidation sites excluding steroid dienone is 1. The van der Waals surface area contributed by atoms with Crippen LogP contribution in [-0.2, 0) is 0 Å². The molecule has 1 nitrogen and oxygen atoms in total. The van der Waals surface area contributed by atoms with E-state index in [0.29, 0.717) is 0 Å². The van der Waals surface area contributed by atoms with Crippen LogP contribution in [0.2, 0.25) is 0 Å². The van der Waals surface area contributed by atoms with Crippen molar-refractivity contribution >= 4 is 22.6 Å². The summed E-state index contributed by atoms with van der Waals surface area (Å²) in [6.45, 7) is 3.95. The summed E-state index contributed by atoms with van der Waals surface area (Å²) in [5.41, 5.74) is 0. The number of hydrogen-bond acceptors (Lipinski definition) is 1. The monoisotopic (exact) mass is 212 g/mol. The summed E-state index contributed by atoms with van der Waals surface area (Å²) in [5.74, 6) is 0. The molecule has 0 heterocycles. The summed E-state index contributed by atoms with van der Waals surface area (Å²) < 4.78 is 1.12. The molecule has 0 amide bonds. The first-order chi connectivity index (χ1) is 3.27. The second kappa shape index (κ2) is 4.59. The van der Waals surface area contributed by atoms with Gasteiger partial charge in [0.1, 0.15) is 0 Å². The van der Waals surface area contributed by atoms with Gasteiger partial charge in [-0.15, -0.1) is 0 Å². The lowest BCUT2D eigenvalue weighted by atomic mass is 10.3. The van der Waals surface area contributed by atoms with Crippen molar-refractivity contribution in [2.24, 2.45) is 0 Å². The van der Waals surface area contributed by atoms with Crippen LogP contribution in [0.4, 0.5) is 0 Å². The van der Waals surface area contributed by atoms with E-state index in [0.717, 1.165) is 16.4 Å². The molecule has 7 heavy (non-hydrogen) atoms. The van der Waals surface area contributed by atoms with Gasteiger partial charge in [-0.05, 0) is 39.0 Å². The molecule has 0 radical (unpaired) electrons. The zero-order chi connectivity index (χ0) is 5.70. The average Bonchev–Trinajstić information content (AvgIpc) is 1.61. The lowest BCUT2D eigenvalue weighted by molar-refractivity contribution is 0.289. The van der Waals surface area contributed by atoms with Crippen LogP contribution >= 0.6 is 22.6 Å². The SMILES string of the molecule is C=C(I)CCCO. The third-order valence-corrected chi connectivity index (χ3v) is 1.15. The highest BCUT2D eigenvalue weighted by molar-refractivity contribution is 14.1. The third kappa shape index (κ3) is 6.43. The van der Waals surface area contributed by atoms with Gasteiger partial charge in [-0.3, -0.25) is 0 Å². The molecule has 0 spiro atoms. The van der Waals surface area contributed by atoms with Gasteiger partial charge in [-0.25, -0.2) is 0 Å². The Hall–Kier alpha value is 0.430. The largest absolute Gasteiger partial charge is 0.396 e. The topological polar surface area (TPSA) is 20.2 Å². The summed E-state index contributed by atoms with van der Waals surface area (Å²) in [5, 5.41) is 8.27. The van der Waals surface area contributed by atoms with Crippen molar-refractivity contribution in [1.82, 2.24) is 0 Å². The maximum Gasteiger partial charge on any atom is 0.0434 e. The van der Waals surface area contributed by atoms with Gasteiger partial charge in [0, 0.05) is 6.61 Å². The second-order valence-corrected chi connectivity index (χ2v) is 2.87. The molecule has 0 aliphatic heterocycles. The Morgan fingerprint density at radius 2 is 2.29 bits per heavy atom. The summed E-state index contributed by atoms with van der Waals surface area (Å²) in [6, 6.07) is 0. The molecule has 0 aliphatic rings. The zero-order valence-electron chi connectivity index (χ0n) is 4.15. The van der Waals surface area contributed by atoms with Crippen molar-refractivity contribution in [1.29, 1.82) is 0 Å². The summed E-state index contributed by atoms with van der Waals surface area (Å²) in [4.78, 5) is 0. The highest BCUT2D eigenvalue weighted by Crippen LogP contribution is 2.08. The van der Waals surface area contributed by atoms with Crippen LogP contribution in [0.3, 0.4) is 0 Å². The fourth-order valence-corrected chi connectivity index (χ4v) is 0.652. The zero-order valence-corrected chi connectivity index (χ0v) is 6.31. The highest BCUT2D eigenvalue weighted by atomic mass is 127. The maximum absolute atomic E-state index is 8.27. The Bertz CT molecular complexity index is 61.1. The van der Waals surface area contributed by atoms with E-state index in [1.165, 1.54) is 0 Å². The molecule has 0 aliphatic carbocycles. The molecule has 0 aromatic heterocycles. The molecule has 0 saturated heterocycles. The number of rotatable bonds is 3. The average molecular weight is 212 g/mol. The minimum atomic E-state index is 0.280. The minimum Gasteiger partial charge on any atom is -0.396 e. The van der Waals surface area contributed by atoms with Crippen LogP contribution in [-0.4, -0.2) is 11.7 Å². The van der Waals surface area contributed by atoms with E-state index >= 15 is 0 Å². The number of aliphatic hydroxyl groups excluding tert-OH is 1. The number of halogens is 1. The maximum atomic E-state index is 8.27. The Kier molecular flexibility index (Phi) is 4.87. The van der Waals surface area contributed by atoms with E-state index in [9.17, 15) is 0 Å². The predicted octanol–water partition coefficient (Wildman–Crippen LogP) is 1.71. The first-order valence-corrected chi connectivity index (χ1v) is 3.29. The first kappa shape index (κ1) is 7.43.